The highest BCUT2D eigenvalue weighted by atomic mass is 32.1. The van der Waals surface area contributed by atoms with E-state index in [4.69, 9.17) is 15.8 Å². The summed E-state index contributed by atoms with van der Waals surface area (Å²) in [5.41, 5.74) is 4.80. The molecule has 0 spiro atoms. The third-order valence-corrected chi connectivity index (χ3v) is 5.27. The van der Waals surface area contributed by atoms with Gasteiger partial charge in [0.25, 0.3) is 5.89 Å². The van der Waals surface area contributed by atoms with Crippen LogP contribution in [-0.4, -0.2) is 22.8 Å². The van der Waals surface area contributed by atoms with Gasteiger partial charge < -0.3 is 14.6 Å². The lowest BCUT2D eigenvalue weighted by Crippen LogP contribution is -2.19. The molecule has 7 heteroatoms. The maximum atomic E-state index is 7.45. The summed E-state index contributed by atoms with van der Waals surface area (Å²) in [5.74, 6) is 1.56. The van der Waals surface area contributed by atoms with E-state index in [0.717, 1.165) is 31.4 Å². The molecule has 31 heavy (non-hydrogen) atoms. The van der Waals surface area contributed by atoms with Crippen molar-refractivity contribution in [3.8, 4) is 28.6 Å². The van der Waals surface area contributed by atoms with Crippen LogP contribution in [-0.2, 0) is 6.42 Å². The van der Waals surface area contributed by atoms with Gasteiger partial charge in [-0.05, 0) is 69.0 Å². The molecule has 1 heterocycles. The summed E-state index contributed by atoms with van der Waals surface area (Å²) in [5, 5.41) is 7.86. The van der Waals surface area contributed by atoms with Crippen molar-refractivity contribution in [2.45, 2.75) is 52.2 Å². The Kier molecular flexibility index (Phi) is 7.37. The molecule has 0 radical (unpaired) electrons. The molecule has 6 nitrogen and oxygen atoms in total. The van der Waals surface area contributed by atoms with Gasteiger partial charge in [-0.25, -0.2) is 4.85 Å². The average molecular weight is 437 g/mol. The lowest BCUT2D eigenvalue weighted by Gasteiger charge is -2.13. The smallest absolute Gasteiger partial charge is 0.256 e. The second-order valence-electron chi connectivity index (χ2n) is 7.80. The summed E-state index contributed by atoms with van der Waals surface area (Å²) < 4.78 is 11.3. The van der Waals surface area contributed by atoms with Crippen molar-refractivity contribution in [2.75, 3.05) is 6.54 Å². The highest BCUT2D eigenvalue weighted by molar-refractivity contribution is 7.59. The summed E-state index contributed by atoms with van der Waals surface area (Å²) in [6, 6.07) is 12.1. The van der Waals surface area contributed by atoms with E-state index in [0.29, 0.717) is 34.8 Å². The van der Waals surface area contributed by atoms with Gasteiger partial charge in [0, 0.05) is 17.2 Å². The molecular formula is C24H28N4O2S. The molecule has 0 amide bonds. The molecule has 0 saturated heterocycles. The molecule has 0 bridgehead atoms. The Morgan fingerprint density at radius 3 is 2.87 bits per heavy atom. The van der Waals surface area contributed by atoms with E-state index in [1.165, 1.54) is 11.1 Å². The number of aromatic nitrogens is 2. The van der Waals surface area contributed by atoms with Crippen LogP contribution in [0.1, 0.15) is 50.8 Å². The first-order chi connectivity index (χ1) is 14.6. The van der Waals surface area contributed by atoms with Crippen LogP contribution < -0.4 is 10.1 Å². The first-order valence-corrected chi connectivity index (χ1v) is 10.5. The normalized spacial score (nSPS) is 14.7. The fourth-order valence-electron chi connectivity index (χ4n) is 3.94. The Bertz CT molecular complexity index is 1090. The molecule has 1 atom stereocenters. The summed E-state index contributed by atoms with van der Waals surface area (Å²) in [4.78, 5) is 8.22. The Labute approximate surface area is 190 Å². The molecule has 1 aliphatic rings. The van der Waals surface area contributed by atoms with E-state index in [1.807, 2.05) is 19.9 Å². The van der Waals surface area contributed by atoms with Crippen LogP contribution in [0.5, 0.6) is 5.75 Å². The minimum Gasteiger partial charge on any atom is -0.502 e. The van der Waals surface area contributed by atoms with Gasteiger partial charge in [0.1, 0.15) is 5.75 Å². The van der Waals surface area contributed by atoms with E-state index >= 15 is 0 Å². The van der Waals surface area contributed by atoms with Crippen molar-refractivity contribution in [3.63, 3.8) is 0 Å². The summed E-state index contributed by atoms with van der Waals surface area (Å²) >= 11 is 0. The monoisotopic (exact) mass is 436 g/mol. The molecule has 2 aromatic carbocycles. The topological polar surface area (TPSA) is 64.5 Å². The maximum Gasteiger partial charge on any atom is 0.256 e. The van der Waals surface area contributed by atoms with Gasteiger partial charge in [0.15, 0.2) is 0 Å². The van der Waals surface area contributed by atoms with Crippen molar-refractivity contribution in [1.29, 1.82) is 0 Å². The fraction of sp³-hybridized carbons (Fsp3) is 0.375. The Hall–Kier alpha value is -2.82. The molecule has 0 fully saturated rings. The van der Waals surface area contributed by atoms with Gasteiger partial charge in [-0.3, -0.25) is 0 Å². The molecule has 1 aliphatic carbocycles. The van der Waals surface area contributed by atoms with E-state index in [1.54, 1.807) is 12.1 Å². The summed E-state index contributed by atoms with van der Waals surface area (Å²) in [7, 11) is 0. The number of nitrogens with one attached hydrogen (secondary N) is 1. The fourth-order valence-corrected chi connectivity index (χ4v) is 3.94. The molecule has 1 N–H and O–H groups in total. The number of ether oxygens (including phenoxy) is 1. The molecule has 162 valence electrons. The van der Waals surface area contributed by atoms with Crippen molar-refractivity contribution in [2.24, 2.45) is 0 Å². The number of hydrogen-bond acceptors (Lipinski definition) is 5. The zero-order valence-corrected chi connectivity index (χ0v) is 19.1. The van der Waals surface area contributed by atoms with E-state index in [2.05, 4.69) is 45.4 Å². The van der Waals surface area contributed by atoms with Crippen molar-refractivity contribution in [1.82, 2.24) is 15.5 Å². The number of fused-ring (bicyclic) bond motifs is 1. The Balaban J connectivity index is 0.00000272. The lowest BCUT2D eigenvalue weighted by atomic mass is 10.0. The van der Waals surface area contributed by atoms with Crippen LogP contribution in [0.25, 0.3) is 27.7 Å². The van der Waals surface area contributed by atoms with Gasteiger partial charge in [-0.15, -0.1) is 0 Å². The quantitative estimate of drug-likeness (QED) is 0.471. The van der Waals surface area contributed by atoms with Gasteiger partial charge in [-0.1, -0.05) is 30.3 Å². The Morgan fingerprint density at radius 1 is 1.29 bits per heavy atom. The molecule has 1 aromatic heterocycles. The van der Waals surface area contributed by atoms with E-state index < -0.39 is 0 Å². The third kappa shape index (κ3) is 4.76. The average Bonchev–Trinajstić information content (AvgIpc) is 3.39. The first-order valence-electron chi connectivity index (χ1n) is 10.5. The predicted molar refractivity (Wildman–Crippen MR) is 127 cm³/mol. The minimum atomic E-state index is 0. The van der Waals surface area contributed by atoms with Crippen LogP contribution >= 0.6 is 13.5 Å². The number of nitrogens with zero attached hydrogens (tertiary/aromatic N) is 3. The van der Waals surface area contributed by atoms with E-state index in [9.17, 15) is 0 Å². The zero-order valence-electron chi connectivity index (χ0n) is 18.1. The molecule has 0 saturated carbocycles. The largest absolute Gasteiger partial charge is 0.502 e. The Morgan fingerprint density at radius 2 is 2.13 bits per heavy atom. The molecule has 0 unspecified atom stereocenters. The van der Waals surface area contributed by atoms with E-state index in [-0.39, 0.29) is 19.6 Å². The van der Waals surface area contributed by atoms with Crippen LogP contribution in [0.15, 0.2) is 40.9 Å². The second kappa shape index (κ2) is 9.99. The van der Waals surface area contributed by atoms with Gasteiger partial charge in [0.05, 0.1) is 12.7 Å². The van der Waals surface area contributed by atoms with Crippen molar-refractivity contribution < 1.29 is 9.26 Å². The van der Waals surface area contributed by atoms with Gasteiger partial charge >= 0.3 is 0 Å². The molecule has 0 aliphatic heterocycles. The second-order valence-corrected chi connectivity index (χ2v) is 7.80. The molecular weight excluding hydrogens is 408 g/mol. The number of benzene rings is 2. The SMILES string of the molecule is S.[C-]#[N+]c1cc(-c2nc(-c3cccc4c3CC[C@@H]4NCCC)no2)ccc1OC(C)C. The maximum absolute atomic E-state index is 7.45. The molecule has 4 rings (SSSR count). The van der Waals surface area contributed by atoms with Crippen LogP contribution in [0.4, 0.5) is 5.69 Å². The number of rotatable bonds is 7. The summed E-state index contributed by atoms with van der Waals surface area (Å²) in [6.45, 7) is 14.5. The van der Waals surface area contributed by atoms with Crippen LogP contribution in [0.2, 0.25) is 0 Å². The third-order valence-electron chi connectivity index (χ3n) is 5.27. The van der Waals surface area contributed by atoms with Crippen molar-refractivity contribution in [3.05, 3.63) is 58.9 Å². The lowest BCUT2D eigenvalue weighted by molar-refractivity contribution is 0.244. The molecule has 3 aromatic rings. The highest BCUT2D eigenvalue weighted by Crippen LogP contribution is 2.38. The zero-order chi connectivity index (χ0) is 21.1. The van der Waals surface area contributed by atoms with Crippen molar-refractivity contribution >= 4 is 19.2 Å². The standard InChI is InChI=1S/C24H26N4O2.H2S/c1-5-13-26-20-11-10-17-18(20)7-6-8-19(17)23-27-24(30-28-23)16-9-12-22(29-15(2)3)21(14-16)25-4;/h6-9,12,14-15,20,26H,5,10-11,13H2,1-3H3;1H2/t20-;/m0./s1. The van der Waals surface area contributed by atoms with Gasteiger partial charge in [-0.2, -0.15) is 18.5 Å². The van der Waals surface area contributed by atoms with Crippen LogP contribution in [0.3, 0.4) is 0 Å². The van der Waals surface area contributed by atoms with Gasteiger partial charge in [0.2, 0.25) is 11.5 Å². The predicted octanol–water partition coefficient (Wildman–Crippen LogP) is 5.84. The highest BCUT2D eigenvalue weighted by Gasteiger charge is 2.26. The number of hydrogen-bond donors (Lipinski definition) is 1. The summed E-state index contributed by atoms with van der Waals surface area (Å²) in [6.07, 6.45) is 3.21. The minimum absolute atomic E-state index is 0. The van der Waals surface area contributed by atoms with Crippen LogP contribution in [0, 0.1) is 6.57 Å². The first kappa shape index (κ1) is 22.9.